The minimum Gasteiger partial charge on any atom is -0.260 e. The van der Waals surface area contributed by atoms with E-state index in [1.807, 2.05) is 24.3 Å². The van der Waals surface area contributed by atoms with E-state index in [1.54, 1.807) is 11.3 Å². The number of para-hydroxylation sites is 1. The molecule has 0 fully saturated rings. The molecule has 1 N–H and O–H groups in total. The van der Waals surface area contributed by atoms with E-state index in [2.05, 4.69) is 59.2 Å². The number of aliphatic imine (C=N–C) groups is 1. The van der Waals surface area contributed by atoms with E-state index in [0.29, 0.717) is 0 Å². The van der Waals surface area contributed by atoms with Crippen LogP contribution in [0.2, 0.25) is 0 Å². The molecular formula is C19H15N3S. The van der Waals surface area contributed by atoms with Gasteiger partial charge in [-0.05, 0) is 24.4 Å². The second-order valence-corrected chi connectivity index (χ2v) is 6.34. The summed E-state index contributed by atoms with van der Waals surface area (Å²) in [6.45, 7) is 2.08. The summed E-state index contributed by atoms with van der Waals surface area (Å²) >= 11 is 1.68. The van der Waals surface area contributed by atoms with Gasteiger partial charge in [-0.25, -0.2) is 4.99 Å². The third kappa shape index (κ3) is 2.69. The number of nitrogens with zero attached hydrogens (tertiary/aromatic N) is 2. The summed E-state index contributed by atoms with van der Waals surface area (Å²) in [7, 11) is 0. The van der Waals surface area contributed by atoms with Crippen LogP contribution in [0.5, 0.6) is 0 Å². The molecule has 0 atom stereocenters. The zero-order valence-corrected chi connectivity index (χ0v) is 13.5. The lowest BCUT2D eigenvalue weighted by molar-refractivity contribution is 1.03. The molecule has 3 aromatic rings. The van der Waals surface area contributed by atoms with E-state index in [1.165, 1.54) is 5.56 Å². The lowest BCUT2D eigenvalue weighted by Gasteiger charge is -2.05. The van der Waals surface area contributed by atoms with Gasteiger partial charge < -0.3 is 0 Å². The van der Waals surface area contributed by atoms with Crippen LogP contribution < -0.4 is 5.43 Å². The van der Waals surface area contributed by atoms with Crippen LogP contribution in [0.25, 0.3) is 0 Å². The Labute approximate surface area is 139 Å². The Hall–Kier alpha value is -2.72. The normalized spacial score (nSPS) is 13.4. The van der Waals surface area contributed by atoms with Crippen LogP contribution in [0.4, 0.5) is 5.69 Å². The minimum atomic E-state index is 0.768. The van der Waals surface area contributed by atoms with Gasteiger partial charge in [-0.3, -0.25) is 5.43 Å². The quantitative estimate of drug-likeness (QED) is 0.743. The van der Waals surface area contributed by atoms with E-state index in [4.69, 9.17) is 4.99 Å². The molecular weight excluding hydrogens is 302 g/mol. The monoisotopic (exact) mass is 317 g/mol. The standard InChI is InChI=1S/C19H15N3S/c1-13-8-10-14(11-9-13)19-20-16-6-3-2-5-15(16)18(21-22-19)17-7-4-12-23-17/h2-12H,1H3,(H,20,22). The zero-order chi connectivity index (χ0) is 15.6. The number of fused-ring (bicyclic) bond motifs is 1. The number of thiophene rings is 1. The van der Waals surface area contributed by atoms with Crippen molar-refractivity contribution in [3.63, 3.8) is 0 Å². The lowest BCUT2D eigenvalue weighted by Crippen LogP contribution is -2.19. The smallest absolute Gasteiger partial charge is 0.154 e. The van der Waals surface area contributed by atoms with Crippen LogP contribution in [0.1, 0.15) is 21.6 Å². The fourth-order valence-corrected chi connectivity index (χ4v) is 3.26. The molecule has 2 heterocycles. The maximum absolute atomic E-state index is 4.79. The molecule has 1 aliphatic heterocycles. The largest absolute Gasteiger partial charge is 0.260 e. The van der Waals surface area contributed by atoms with Gasteiger partial charge in [0, 0.05) is 11.1 Å². The average molecular weight is 317 g/mol. The van der Waals surface area contributed by atoms with Gasteiger partial charge in [-0.1, -0.05) is 54.1 Å². The van der Waals surface area contributed by atoms with Crippen LogP contribution in [0.3, 0.4) is 0 Å². The Morgan fingerprint density at radius 2 is 1.74 bits per heavy atom. The fourth-order valence-electron chi connectivity index (χ4n) is 2.53. The number of hydrogen-bond acceptors (Lipinski definition) is 4. The van der Waals surface area contributed by atoms with Crippen LogP contribution in [0, 0.1) is 6.92 Å². The van der Waals surface area contributed by atoms with Crippen LogP contribution >= 0.6 is 11.3 Å². The Balaban J connectivity index is 1.84. The summed E-state index contributed by atoms with van der Waals surface area (Å²) in [5, 5.41) is 6.70. The number of benzene rings is 2. The van der Waals surface area contributed by atoms with Crippen molar-refractivity contribution >= 4 is 28.6 Å². The second-order valence-electron chi connectivity index (χ2n) is 5.39. The molecule has 0 bridgehead atoms. The third-order valence-corrected chi connectivity index (χ3v) is 4.62. The first-order chi connectivity index (χ1) is 11.3. The molecule has 0 radical (unpaired) electrons. The molecule has 0 saturated heterocycles. The number of nitrogens with one attached hydrogen (secondary N) is 1. The maximum Gasteiger partial charge on any atom is 0.154 e. The topological polar surface area (TPSA) is 36.8 Å². The summed E-state index contributed by atoms with van der Waals surface area (Å²) in [6, 6.07) is 20.5. The van der Waals surface area contributed by atoms with Crippen molar-refractivity contribution in [2.24, 2.45) is 10.1 Å². The average Bonchev–Trinajstić information content (AvgIpc) is 3.03. The summed E-state index contributed by atoms with van der Waals surface area (Å²) in [5.74, 6) is 0.768. The molecule has 0 amide bonds. The van der Waals surface area contributed by atoms with Crippen molar-refractivity contribution in [2.75, 3.05) is 0 Å². The first-order valence-electron chi connectivity index (χ1n) is 7.44. The number of amidine groups is 1. The molecule has 112 valence electrons. The third-order valence-electron chi connectivity index (χ3n) is 3.74. The van der Waals surface area contributed by atoms with Crippen molar-refractivity contribution in [3.05, 3.63) is 87.6 Å². The molecule has 1 aliphatic rings. The highest BCUT2D eigenvalue weighted by atomic mass is 32.1. The van der Waals surface area contributed by atoms with Gasteiger partial charge in [0.25, 0.3) is 0 Å². The minimum absolute atomic E-state index is 0.768. The van der Waals surface area contributed by atoms with Crippen molar-refractivity contribution in [2.45, 2.75) is 6.92 Å². The Kier molecular flexibility index (Phi) is 3.52. The molecule has 0 aliphatic carbocycles. The van der Waals surface area contributed by atoms with E-state index < -0.39 is 0 Å². The highest BCUT2D eigenvalue weighted by Gasteiger charge is 2.17. The Bertz CT molecular complexity index is 891. The molecule has 4 rings (SSSR count). The van der Waals surface area contributed by atoms with E-state index in [-0.39, 0.29) is 0 Å². The van der Waals surface area contributed by atoms with E-state index in [9.17, 15) is 0 Å². The molecule has 3 nitrogen and oxygen atoms in total. The summed E-state index contributed by atoms with van der Waals surface area (Å²) in [4.78, 5) is 5.92. The SMILES string of the molecule is Cc1ccc(C2=Nc3ccccc3C(c3cccs3)=NN2)cc1. The first kappa shape index (κ1) is 13.9. The Morgan fingerprint density at radius 1 is 0.913 bits per heavy atom. The van der Waals surface area contributed by atoms with Gasteiger partial charge in [0.05, 0.1) is 10.6 Å². The lowest BCUT2D eigenvalue weighted by atomic mass is 10.1. The van der Waals surface area contributed by atoms with Gasteiger partial charge in [0.1, 0.15) is 5.71 Å². The van der Waals surface area contributed by atoms with Crippen LogP contribution in [0.15, 0.2) is 76.1 Å². The maximum atomic E-state index is 4.79. The molecule has 23 heavy (non-hydrogen) atoms. The summed E-state index contributed by atoms with van der Waals surface area (Å²) < 4.78 is 0. The zero-order valence-electron chi connectivity index (χ0n) is 12.7. The summed E-state index contributed by atoms with van der Waals surface area (Å²) in [6.07, 6.45) is 0. The van der Waals surface area contributed by atoms with Crippen molar-refractivity contribution in [1.82, 2.24) is 5.43 Å². The molecule has 1 aromatic heterocycles. The van der Waals surface area contributed by atoms with Gasteiger partial charge in [-0.15, -0.1) is 11.3 Å². The predicted octanol–water partition coefficient (Wildman–Crippen LogP) is 4.49. The van der Waals surface area contributed by atoms with Gasteiger partial charge in [-0.2, -0.15) is 5.10 Å². The molecule has 2 aromatic carbocycles. The second kappa shape index (κ2) is 5.82. The molecule has 4 heteroatoms. The number of rotatable bonds is 2. The van der Waals surface area contributed by atoms with Crippen molar-refractivity contribution in [3.8, 4) is 0 Å². The fraction of sp³-hybridized carbons (Fsp3) is 0.0526. The summed E-state index contributed by atoms with van der Waals surface area (Å²) in [5.41, 5.74) is 8.31. The van der Waals surface area contributed by atoms with Gasteiger partial charge in [0.15, 0.2) is 5.84 Å². The number of aryl methyl sites for hydroxylation is 1. The number of hydrazone groups is 1. The van der Waals surface area contributed by atoms with Crippen molar-refractivity contribution in [1.29, 1.82) is 0 Å². The molecule has 0 unspecified atom stereocenters. The highest BCUT2D eigenvalue weighted by Crippen LogP contribution is 2.27. The molecule has 0 saturated carbocycles. The van der Waals surface area contributed by atoms with E-state index >= 15 is 0 Å². The molecule has 0 spiro atoms. The van der Waals surface area contributed by atoms with E-state index in [0.717, 1.165) is 33.2 Å². The van der Waals surface area contributed by atoms with Gasteiger partial charge in [0.2, 0.25) is 0 Å². The first-order valence-corrected chi connectivity index (χ1v) is 8.32. The van der Waals surface area contributed by atoms with Crippen LogP contribution in [-0.4, -0.2) is 11.5 Å². The predicted molar refractivity (Wildman–Crippen MR) is 96.9 cm³/mol. The van der Waals surface area contributed by atoms with Crippen LogP contribution in [-0.2, 0) is 0 Å². The van der Waals surface area contributed by atoms with Gasteiger partial charge >= 0.3 is 0 Å². The number of hydrogen-bond donors (Lipinski definition) is 1. The highest BCUT2D eigenvalue weighted by molar-refractivity contribution is 7.12. The Morgan fingerprint density at radius 3 is 2.52 bits per heavy atom. The van der Waals surface area contributed by atoms with Crippen molar-refractivity contribution < 1.29 is 0 Å².